The van der Waals surface area contributed by atoms with Crippen molar-refractivity contribution in [1.82, 2.24) is 5.32 Å². The van der Waals surface area contributed by atoms with Crippen molar-refractivity contribution in [2.75, 3.05) is 6.61 Å². The summed E-state index contributed by atoms with van der Waals surface area (Å²) in [7, 11) is -4.76. The third kappa shape index (κ3) is 5.63. The molecule has 1 fully saturated rings. The number of rotatable bonds is 6. The molecule has 5 atom stereocenters. The van der Waals surface area contributed by atoms with E-state index in [1.807, 2.05) is 0 Å². The second kappa shape index (κ2) is 8.08. The van der Waals surface area contributed by atoms with Gasteiger partial charge in [-0.15, -0.1) is 0 Å². The van der Waals surface area contributed by atoms with Crippen LogP contribution in [-0.2, 0) is 24.1 Å². The van der Waals surface area contributed by atoms with Crippen LogP contribution in [0.3, 0.4) is 0 Å². The average Bonchev–Trinajstić information content (AvgIpc) is 2.53. The molecule has 1 aliphatic rings. The molecule has 0 unspecified atom stereocenters. The van der Waals surface area contributed by atoms with E-state index < -0.39 is 53.6 Å². The highest BCUT2D eigenvalue weighted by atomic mass is 32.3. The van der Waals surface area contributed by atoms with E-state index in [0.29, 0.717) is 5.75 Å². The molecule has 1 aromatic carbocycles. The molecule has 140 valence electrons. The Morgan fingerprint density at radius 1 is 1.24 bits per heavy atom. The van der Waals surface area contributed by atoms with Crippen molar-refractivity contribution >= 4 is 16.3 Å². The predicted octanol–water partition coefficient (Wildman–Crippen LogP) is -1.16. The van der Waals surface area contributed by atoms with Gasteiger partial charge in [0.1, 0.15) is 30.1 Å². The Bertz CT molecular complexity index is 681. The van der Waals surface area contributed by atoms with Crippen molar-refractivity contribution < 1.29 is 41.6 Å². The number of aliphatic hydroxyl groups excluding tert-OH is 2. The maximum absolute atomic E-state index is 11.3. The summed E-state index contributed by atoms with van der Waals surface area (Å²) in [6.45, 7) is 0.463. The second-order valence-electron chi connectivity index (χ2n) is 5.39. The van der Waals surface area contributed by atoms with E-state index in [1.165, 1.54) is 6.92 Å². The normalized spacial score (nSPS) is 29.8. The largest absolute Gasteiger partial charge is 0.463 e. The Hall–Kier alpha value is -1.76. The molecule has 2 rings (SSSR count). The molecular formula is C14H19NO9S. The molecule has 1 amide bonds. The predicted molar refractivity (Wildman–Crippen MR) is 82.8 cm³/mol. The second-order valence-corrected chi connectivity index (χ2v) is 6.48. The van der Waals surface area contributed by atoms with Gasteiger partial charge in [-0.1, -0.05) is 18.2 Å². The number of ether oxygens (including phenoxy) is 2. The lowest BCUT2D eigenvalue weighted by Crippen LogP contribution is -2.65. The summed E-state index contributed by atoms with van der Waals surface area (Å²) in [5.41, 5.74) is 0. The average molecular weight is 377 g/mol. The molecule has 0 radical (unpaired) electrons. The zero-order chi connectivity index (χ0) is 18.6. The quantitative estimate of drug-likeness (QED) is 0.450. The fourth-order valence-electron chi connectivity index (χ4n) is 2.34. The third-order valence-electron chi connectivity index (χ3n) is 3.45. The highest BCUT2D eigenvalue weighted by Crippen LogP contribution is 2.25. The van der Waals surface area contributed by atoms with Crippen LogP contribution < -0.4 is 10.1 Å². The number of carbonyl (C=O) groups is 1. The third-order valence-corrected chi connectivity index (χ3v) is 3.88. The molecule has 0 aliphatic carbocycles. The van der Waals surface area contributed by atoms with E-state index in [2.05, 4.69) is 9.50 Å². The van der Waals surface area contributed by atoms with Crippen LogP contribution in [0.25, 0.3) is 0 Å². The molecule has 1 aromatic rings. The summed E-state index contributed by atoms with van der Waals surface area (Å²) in [6.07, 6.45) is -5.68. The molecule has 4 N–H and O–H groups in total. The Labute approximate surface area is 144 Å². The SMILES string of the molecule is CC(=O)N[C@H]1[C@@H](Oc2ccccc2)O[C@H](COS(=O)(=O)O)[C@H](O)[C@@H]1O. The highest BCUT2D eigenvalue weighted by molar-refractivity contribution is 7.80. The lowest BCUT2D eigenvalue weighted by molar-refractivity contribution is -0.242. The molecular weight excluding hydrogens is 358 g/mol. The molecule has 11 heteroatoms. The van der Waals surface area contributed by atoms with E-state index in [-0.39, 0.29) is 0 Å². The number of nitrogens with one attached hydrogen (secondary N) is 1. The molecule has 10 nitrogen and oxygen atoms in total. The van der Waals surface area contributed by atoms with Gasteiger partial charge in [0, 0.05) is 6.92 Å². The highest BCUT2D eigenvalue weighted by Gasteiger charge is 2.46. The Morgan fingerprint density at radius 3 is 2.44 bits per heavy atom. The van der Waals surface area contributed by atoms with E-state index in [0.717, 1.165) is 0 Å². The topological polar surface area (TPSA) is 152 Å². The minimum atomic E-state index is -4.76. The number of benzene rings is 1. The van der Waals surface area contributed by atoms with Crippen LogP contribution in [0, 0.1) is 0 Å². The molecule has 1 saturated heterocycles. The van der Waals surface area contributed by atoms with E-state index in [9.17, 15) is 23.4 Å². The van der Waals surface area contributed by atoms with Crippen molar-refractivity contribution in [1.29, 1.82) is 0 Å². The number of amides is 1. The van der Waals surface area contributed by atoms with Crippen LogP contribution >= 0.6 is 0 Å². The van der Waals surface area contributed by atoms with Gasteiger partial charge in [-0.2, -0.15) is 8.42 Å². The maximum atomic E-state index is 11.3. The summed E-state index contributed by atoms with van der Waals surface area (Å²) in [5, 5.41) is 22.7. The molecule has 1 aliphatic heterocycles. The Morgan fingerprint density at radius 2 is 1.88 bits per heavy atom. The molecule has 0 spiro atoms. The van der Waals surface area contributed by atoms with Crippen LogP contribution in [0.2, 0.25) is 0 Å². The monoisotopic (exact) mass is 377 g/mol. The van der Waals surface area contributed by atoms with E-state index >= 15 is 0 Å². The minimum Gasteiger partial charge on any atom is -0.463 e. The lowest BCUT2D eigenvalue weighted by atomic mass is 9.97. The van der Waals surface area contributed by atoms with Gasteiger partial charge < -0.3 is 25.0 Å². The van der Waals surface area contributed by atoms with Crippen molar-refractivity contribution in [2.45, 2.75) is 37.6 Å². The number of hydrogen-bond donors (Lipinski definition) is 4. The number of hydrogen-bond acceptors (Lipinski definition) is 8. The van der Waals surface area contributed by atoms with Crippen molar-refractivity contribution in [3.05, 3.63) is 30.3 Å². The van der Waals surface area contributed by atoms with Gasteiger partial charge in [-0.3, -0.25) is 9.35 Å². The first-order valence-electron chi connectivity index (χ1n) is 7.29. The zero-order valence-corrected chi connectivity index (χ0v) is 14.0. The van der Waals surface area contributed by atoms with Crippen LogP contribution in [0.4, 0.5) is 0 Å². The number of para-hydroxylation sites is 1. The van der Waals surface area contributed by atoms with Crippen molar-refractivity contribution in [2.24, 2.45) is 0 Å². The minimum absolute atomic E-state index is 0.362. The lowest BCUT2D eigenvalue weighted by Gasteiger charge is -2.42. The summed E-state index contributed by atoms with van der Waals surface area (Å²) >= 11 is 0. The van der Waals surface area contributed by atoms with Gasteiger partial charge in [0.15, 0.2) is 0 Å². The van der Waals surface area contributed by atoms with E-state index in [1.54, 1.807) is 30.3 Å². The van der Waals surface area contributed by atoms with Crippen LogP contribution in [0.1, 0.15) is 6.92 Å². The van der Waals surface area contributed by atoms with Crippen molar-refractivity contribution in [3.8, 4) is 5.75 Å². The number of aliphatic hydroxyl groups is 2. The van der Waals surface area contributed by atoms with Gasteiger partial charge in [0.05, 0.1) is 6.61 Å². The molecule has 0 aromatic heterocycles. The first kappa shape index (κ1) is 19.6. The summed E-state index contributed by atoms with van der Waals surface area (Å²) in [6, 6.07) is 7.23. The van der Waals surface area contributed by atoms with E-state index in [4.69, 9.17) is 14.0 Å². The molecule has 0 saturated carbocycles. The molecule has 0 bridgehead atoms. The molecule has 1 heterocycles. The fraction of sp³-hybridized carbons (Fsp3) is 0.500. The molecule has 25 heavy (non-hydrogen) atoms. The Kier molecular flexibility index (Phi) is 6.32. The van der Waals surface area contributed by atoms with Gasteiger partial charge in [0.2, 0.25) is 12.2 Å². The zero-order valence-electron chi connectivity index (χ0n) is 13.2. The van der Waals surface area contributed by atoms with Gasteiger partial charge in [-0.05, 0) is 12.1 Å². The maximum Gasteiger partial charge on any atom is 0.397 e. The summed E-state index contributed by atoms with van der Waals surface area (Å²) < 4.78 is 45.2. The first-order valence-corrected chi connectivity index (χ1v) is 8.66. The van der Waals surface area contributed by atoms with Gasteiger partial charge in [-0.25, -0.2) is 4.18 Å². The van der Waals surface area contributed by atoms with Crippen molar-refractivity contribution in [3.63, 3.8) is 0 Å². The number of carbonyl (C=O) groups excluding carboxylic acids is 1. The van der Waals surface area contributed by atoms with Crippen LogP contribution in [0.15, 0.2) is 30.3 Å². The Balaban J connectivity index is 2.18. The van der Waals surface area contributed by atoms with Crippen LogP contribution in [-0.4, -0.2) is 66.3 Å². The smallest absolute Gasteiger partial charge is 0.397 e. The summed E-state index contributed by atoms with van der Waals surface area (Å²) in [4.78, 5) is 11.3. The fourth-order valence-corrected chi connectivity index (χ4v) is 2.65. The first-order chi connectivity index (χ1) is 11.7. The van der Waals surface area contributed by atoms with Crippen LogP contribution in [0.5, 0.6) is 5.75 Å². The summed E-state index contributed by atoms with van der Waals surface area (Å²) in [5.74, 6) is -0.130. The van der Waals surface area contributed by atoms with Gasteiger partial charge >= 0.3 is 10.4 Å². The van der Waals surface area contributed by atoms with Gasteiger partial charge in [0.25, 0.3) is 0 Å². The standard InChI is InChI=1S/C14H19NO9S/c1-8(16)15-11-13(18)12(17)10(7-22-25(19,20)21)24-14(11)23-9-5-3-2-4-6-9/h2-6,10-14,17-18H,7H2,1H3,(H,15,16)(H,19,20,21)/t10-,11-,12+,13-,14+/m1/s1.